The summed E-state index contributed by atoms with van der Waals surface area (Å²) in [5.74, 6) is 0.354. The summed E-state index contributed by atoms with van der Waals surface area (Å²) in [4.78, 5) is 23.5. The third kappa shape index (κ3) is 3.46. The third-order valence-electron chi connectivity index (χ3n) is 5.80. The van der Waals surface area contributed by atoms with Crippen molar-refractivity contribution in [3.63, 3.8) is 0 Å². The van der Waals surface area contributed by atoms with E-state index in [-0.39, 0.29) is 41.8 Å². The molecule has 164 valence electrons. The lowest BCUT2D eigenvalue weighted by Crippen LogP contribution is -2.41. The van der Waals surface area contributed by atoms with Gasteiger partial charge in [-0.3, -0.25) is 9.78 Å². The lowest BCUT2D eigenvalue weighted by Gasteiger charge is -2.29. The zero-order valence-corrected chi connectivity index (χ0v) is 18.3. The number of pyridine rings is 1. The van der Waals surface area contributed by atoms with Crippen LogP contribution in [-0.2, 0) is 9.84 Å². The summed E-state index contributed by atoms with van der Waals surface area (Å²) in [7, 11) is -3.08. The first-order valence-corrected chi connectivity index (χ1v) is 12.1. The summed E-state index contributed by atoms with van der Waals surface area (Å²) in [6.45, 7) is 1.93. The Kier molecular flexibility index (Phi) is 4.81. The lowest BCUT2D eigenvalue weighted by atomic mass is 10.1. The molecule has 1 saturated heterocycles. The number of rotatable bonds is 4. The van der Waals surface area contributed by atoms with E-state index in [4.69, 9.17) is 10.7 Å². The van der Waals surface area contributed by atoms with E-state index in [0.717, 1.165) is 28.8 Å². The summed E-state index contributed by atoms with van der Waals surface area (Å²) in [6, 6.07) is 3.90. The molecule has 0 saturated carbocycles. The topological polar surface area (TPSA) is 124 Å². The molecule has 0 spiro atoms. The van der Waals surface area contributed by atoms with Crippen LogP contribution in [0.3, 0.4) is 0 Å². The van der Waals surface area contributed by atoms with Crippen molar-refractivity contribution in [3.8, 4) is 11.1 Å². The van der Waals surface area contributed by atoms with Crippen molar-refractivity contribution in [2.45, 2.75) is 13.3 Å². The van der Waals surface area contributed by atoms with Gasteiger partial charge in [-0.2, -0.15) is 9.61 Å². The van der Waals surface area contributed by atoms with Crippen LogP contribution in [0, 0.1) is 0 Å². The molecule has 2 N–H and O–H groups in total. The van der Waals surface area contributed by atoms with Gasteiger partial charge >= 0.3 is 0 Å². The van der Waals surface area contributed by atoms with Crippen LogP contribution in [0.5, 0.6) is 0 Å². The van der Waals surface area contributed by atoms with Crippen LogP contribution in [0.15, 0.2) is 42.8 Å². The molecule has 0 radical (unpaired) electrons. The zero-order valence-electron chi connectivity index (χ0n) is 17.5. The van der Waals surface area contributed by atoms with E-state index in [2.05, 4.69) is 22.2 Å². The predicted molar refractivity (Wildman–Crippen MR) is 123 cm³/mol. The number of anilines is 2. The number of Topliss-reactive ketones (excluding diaryl/α,β-unsaturated/α-hetero) is 1. The summed E-state index contributed by atoms with van der Waals surface area (Å²) in [5, 5.41) is 4.36. The molecule has 32 heavy (non-hydrogen) atoms. The van der Waals surface area contributed by atoms with Gasteiger partial charge in [-0.05, 0) is 25.0 Å². The number of carbonyl (C=O) groups excluding carboxylic acids is 1. The van der Waals surface area contributed by atoms with Gasteiger partial charge in [0, 0.05) is 30.4 Å². The van der Waals surface area contributed by atoms with Crippen LogP contribution in [0.1, 0.15) is 29.4 Å². The summed E-state index contributed by atoms with van der Waals surface area (Å²) >= 11 is 0. The number of fused-ring (bicyclic) bond motifs is 1. The maximum atomic E-state index is 12.4. The number of hydrogen-bond acceptors (Lipinski definition) is 8. The van der Waals surface area contributed by atoms with Gasteiger partial charge in [-0.1, -0.05) is 24.3 Å². The van der Waals surface area contributed by atoms with Crippen LogP contribution in [0.25, 0.3) is 22.3 Å². The molecule has 0 atom stereocenters. The predicted octanol–water partition coefficient (Wildman–Crippen LogP) is 2.15. The fourth-order valence-electron chi connectivity index (χ4n) is 4.07. The number of sulfone groups is 1. The van der Waals surface area contributed by atoms with E-state index < -0.39 is 9.84 Å². The van der Waals surface area contributed by atoms with Gasteiger partial charge in [0.2, 0.25) is 0 Å². The van der Waals surface area contributed by atoms with Crippen molar-refractivity contribution in [2.75, 3.05) is 35.2 Å². The number of aromatic nitrogens is 4. The van der Waals surface area contributed by atoms with E-state index in [9.17, 15) is 13.2 Å². The molecule has 0 aromatic carbocycles. The standard InChI is InChI=1S/C22H22N6O3S/c1-14(29)19-20(23)28-21(26-22(19)27-8-10-32(30,31)11-9-27)17(13-25-28)16-6-7-18(24-12-16)15-4-2-3-5-15/h2,4-7,12-13H,3,8-11,23H2,1H3. The second-order valence-corrected chi connectivity index (χ2v) is 10.2. The molecule has 10 heteroatoms. The second kappa shape index (κ2) is 7.56. The first-order valence-electron chi connectivity index (χ1n) is 10.3. The molecule has 1 fully saturated rings. The molecule has 2 aliphatic rings. The van der Waals surface area contributed by atoms with Crippen LogP contribution in [-0.4, -0.2) is 58.4 Å². The van der Waals surface area contributed by atoms with Crippen LogP contribution in [0.4, 0.5) is 11.6 Å². The molecule has 9 nitrogen and oxygen atoms in total. The van der Waals surface area contributed by atoms with Gasteiger partial charge in [0.15, 0.2) is 21.3 Å². The Balaban J connectivity index is 1.61. The van der Waals surface area contributed by atoms with Crippen LogP contribution >= 0.6 is 0 Å². The molecule has 3 aromatic heterocycles. The van der Waals surface area contributed by atoms with Crippen molar-refractivity contribution in [1.82, 2.24) is 19.6 Å². The quantitative estimate of drug-likeness (QED) is 0.600. The number of nitrogen functional groups attached to an aromatic ring is 1. The molecule has 1 aliphatic heterocycles. The van der Waals surface area contributed by atoms with Crippen molar-refractivity contribution >= 4 is 38.5 Å². The van der Waals surface area contributed by atoms with Gasteiger partial charge in [0.05, 0.1) is 23.4 Å². The SMILES string of the molecule is CC(=O)c1c(N2CCS(=O)(=O)CC2)nc2c(-c3ccc(C4=CCC=C4)nc3)cnn2c1N. The number of nitrogens with two attached hydrogens (primary N) is 1. The minimum absolute atomic E-state index is 0.0128. The van der Waals surface area contributed by atoms with E-state index in [0.29, 0.717) is 11.5 Å². The smallest absolute Gasteiger partial charge is 0.167 e. The highest BCUT2D eigenvalue weighted by Gasteiger charge is 2.28. The van der Waals surface area contributed by atoms with Gasteiger partial charge in [-0.15, -0.1) is 0 Å². The van der Waals surface area contributed by atoms with Crippen molar-refractivity contribution in [2.24, 2.45) is 0 Å². The molecule has 0 bridgehead atoms. The monoisotopic (exact) mass is 450 g/mol. The summed E-state index contributed by atoms with van der Waals surface area (Å²) < 4.78 is 25.2. The van der Waals surface area contributed by atoms with Crippen molar-refractivity contribution < 1.29 is 13.2 Å². The normalized spacial score (nSPS) is 17.7. The summed E-state index contributed by atoms with van der Waals surface area (Å²) in [5.41, 5.74) is 10.6. The van der Waals surface area contributed by atoms with Crippen molar-refractivity contribution in [3.05, 3.63) is 54.0 Å². The zero-order chi connectivity index (χ0) is 22.5. The number of nitrogens with zero attached hydrogens (tertiary/aromatic N) is 5. The Morgan fingerprint density at radius 1 is 1.16 bits per heavy atom. The molecule has 1 aliphatic carbocycles. The molecule has 4 heterocycles. The Bertz CT molecular complexity index is 1390. The average molecular weight is 451 g/mol. The van der Waals surface area contributed by atoms with Gasteiger partial charge in [-0.25, -0.2) is 13.4 Å². The molecular formula is C22H22N6O3S. The van der Waals surface area contributed by atoms with Crippen LogP contribution < -0.4 is 10.6 Å². The highest BCUT2D eigenvalue weighted by atomic mass is 32.2. The van der Waals surface area contributed by atoms with Gasteiger partial charge in [0.1, 0.15) is 17.2 Å². The fraction of sp³-hybridized carbons (Fsp3) is 0.273. The van der Waals surface area contributed by atoms with E-state index >= 15 is 0 Å². The molecule has 0 amide bonds. The minimum Gasteiger partial charge on any atom is -0.383 e. The average Bonchev–Trinajstić information content (AvgIpc) is 3.44. The van der Waals surface area contributed by atoms with E-state index in [1.165, 1.54) is 11.4 Å². The number of ketones is 1. The maximum absolute atomic E-state index is 12.4. The third-order valence-corrected chi connectivity index (χ3v) is 7.41. The second-order valence-electron chi connectivity index (χ2n) is 7.91. The Morgan fingerprint density at radius 3 is 2.56 bits per heavy atom. The Hall–Kier alpha value is -3.53. The number of allylic oxidation sites excluding steroid dienone is 4. The highest BCUT2D eigenvalue weighted by molar-refractivity contribution is 7.91. The Labute approximate surface area is 185 Å². The number of carbonyl (C=O) groups is 1. The lowest BCUT2D eigenvalue weighted by molar-refractivity contribution is 0.101. The first kappa shape index (κ1) is 20.4. The van der Waals surface area contributed by atoms with Crippen molar-refractivity contribution in [1.29, 1.82) is 0 Å². The molecule has 3 aromatic rings. The van der Waals surface area contributed by atoms with E-state index in [1.807, 2.05) is 23.1 Å². The maximum Gasteiger partial charge on any atom is 0.167 e. The highest BCUT2D eigenvalue weighted by Crippen LogP contribution is 2.32. The largest absolute Gasteiger partial charge is 0.383 e. The Morgan fingerprint density at radius 2 is 1.94 bits per heavy atom. The molecular weight excluding hydrogens is 428 g/mol. The van der Waals surface area contributed by atoms with E-state index in [1.54, 1.807) is 12.4 Å². The molecule has 5 rings (SSSR count). The summed E-state index contributed by atoms with van der Waals surface area (Å²) in [6.07, 6.45) is 10.6. The van der Waals surface area contributed by atoms with Gasteiger partial charge in [0.25, 0.3) is 0 Å². The fourth-order valence-corrected chi connectivity index (χ4v) is 5.27. The van der Waals surface area contributed by atoms with Gasteiger partial charge < -0.3 is 10.6 Å². The minimum atomic E-state index is -3.08. The molecule has 0 unspecified atom stereocenters. The number of hydrogen-bond donors (Lipinski definition) is 1. The van der Waals surface area contributed by atoms with Crippen LogP contribution in [0.2, 0.25) is 0 Å². The first-order chi connectivity index (χ1) is 15.3.